The highest BCUT2D eigenvalue weighted by Crippen LogP contribution is 2.36. The first-order valence-corrected chi connectivity index (χ1v) is 20.0. The number of hydrogen-bond acceptors (Lipinski definition) is 13. The average molecular weight is 841 g/mol. The highest BCUT2D eigenvalue weighted by atomic mass is 19.1. The Morgan fingerprint density at radius 2 is 1.41 bits per heavy atom. The van der Waals surface area contributed by atoms with Gasteiger partial charge in [-0.05, 0) is 66.5 Å². The number of aromatic nitrogens is 8. The van der Waals surface area contributed by atoms with Gasteiger partial charge >= 0.3 is 0 Å². The molecule has 0 radical (unpaired) electrons. The van der Waals surface area contributed by atoms with Gasteiger partial charge < -0.3 is 36.2 Å². The van der Waals surface area contributed by atoms with Crippen LogP contribution in [0.15, 0.2) is 67.9 Å². The molecule has 1 aliphatic heterocycles. The number of nitrogens with zero attached hydrogens (tertiary/aromatic N) is 8. The minimum Gasteiger partial charge on any atom is -0.387 e. The van der Waals surface area contributed by atoms with Crippen molar-refractivity contribution in [1.82, 2.24) is 49.7 Å². The molecule has 0 bridgehead atoms. The lowest BCUT2D eigenvalue weighted by Crippen LogP contribution is -2.42. The fraction of sp³-hybridized carbons (Fsp3) is 0.429. The molecule has 6 aromatic rings. The van der Waals surface area contributed by atoms with Crippen molar-refractivity contribution in [2.45, 2.75) is 96.1 Å². The molecule has 0 saturated carbocycles. The van der Waals surface area contributed by atoms with E-state index < -0.39 is 54.6 Å². The molecule has 1 saturated heterocycles. The number of halogens is 2. The van der Waals surface area contributed by atoms with Crippen molar-refractivity contribution in [2.75, 3.05) is 30.3 Å². The van der Waals surface area contributed by atoms with Crippen LogP contribution >= 0.6 is 0 Å². The quantitative estimate of drug-likeness (QED) is 0.0822. The van der Waals surface area contributed by atoms with Crippen molar-refractivity contribution in [1.29, 1.82) is 0 Å². The van der Waals surface area contributed by atoms with Gasteiger partial charge in [-0.2, -0.15) is 0 Å². The van der Waals surface area contributed by atoms with E-state index in [1.807, 2.05) is 30.5 Å². The van der Waals surface area contributed by atoms with Gasteiger partial charge in [-0.25, -0.2) is 38.7 Å². The molecule has 4 atom stereocenters. The number of fused-ring (bicyclic) bond motifs is 2. The highest BCUT2D eigenvalue weighted by molar-refractivity contribution is 6.00. The van der Waals surface area contributed by atoms with Gasteiger partial charge in [0.05, 0.1) is 58.6 Å². The van der Waals surface area contributed by atoms with E-state index in [2.05, 4.69) is 46.2 Å². The van der Waals surface area contributed by atoms with Gasteiger partial charge in [-0.1, -0.05) is 0 Å². The minimum atomic E-state index is -1.72. The maximum atomic E-state index is 14.7. The Morgan fingerprint density at radius 1 is 0.820 bits per heavy atom. The molecule has 17 nitrogen and oxygen atoms in total. The fourth-order valence-electron chi connectivity index (χ4n) is 6.97. The predicted octanol–water partition coefficient (Wildman–Crippen LogP) is 4.77. The third-order valence-corrected chi connectivity index (χ3v) is 10.4. The molecule has 0 aliphatic carbocycles. The standard InChI is InChI=1S/C42H50F2N12O5/c1-23(2)53-29-14-36(48-18-27(29)39(57)49-19-33(43)41(3,4)59)56-31(11-25-16-46-22-52-38(25)56)32-12-26(8-10-61-32)54-30-13-35(55-9-7-24-15-45-21-51-37(24)55)47-17-28(30)40(58)50-20-34(44)42(5,6)60/h7,9,11,13-18,21-23,26,32-34,59-60H,8,10,12,19-20H2,1-6H3,(H,47,54)(H,48,53)(H,49,57)(H,50,58)/t26?,32?,33-,34-/m1/s1. The monoisotopic (exact) mass is 840 g/mol. The van der Waals surface area contributed by atoms with Crippen molar-refractivity contribution in [3.8, 4) is 11.6 Å². The number of ether oxygens (including phenoxy) is 1. The Morgan fingerprint density at radius 3 is 2.05 bits per heavy atom. The molecule has 1 fully saturated rings. The molecule has 61 heavy (non-hydrogen) atoms. The molecule has 19 heteroatoms. The Balaban J connectivity index is 1.21. The predicted molar refractivity (Wildman–Crippen MR) is 224 cm³/mol. The lowest BCUT2D eigenvalue weighted by molar-refractivity contribution is -0.00209. The van der Waals surface area contributed by atoms with Gasteiger partial charge in [0.25, 0.3) is 11.8 Å². The zero-order chi connectivity index (χ0) is 43.6. The Hall–Kier alpha value is -6.18. The van der Waals surface area contributed by atoms with E-state index in [4.69, 9.17) is 9.72 Å². The van der Waals surface area contributed by atoms with Crippen molar-refractivity contribution < 1.29 is 33.3 Å². The molecule has 322 valence electrons. The van der Waals surface area contributed by atoms with Crippen LogP contribution in [0.2, 0.25) is 0 Å². The van der Waals surface area contributed by atoms with Gasteiger partial charge in [0.1, 0.15) is 47.9 Å². The molecule has 0 spiro atoms. The SMILES string of the molecule is CC(C)Nc1cc(-n2c(C3CC(Nc4cc(-n5ccc6cncnc65)ncc4C(=O)NC[C@@H](F)C(C)(C)O)CCO3)cc3cncnc32)ncc1C(=O)NC[C@@H](F)C(C)(C)O. The number of amides is 2. The van der Waals surface area contributed by atoms with Gasteiger partial charge in [-0.15, -0.1) is 0 Å². The molecule has 1 aliphatic rings. The third-order valence-electron chi connectivity index (χ3n) is 10.4. The van der Waals surface area contributed by atoms with Crippen molar-refractivity contribution >= 4 is 45.3 Å². The Kier molecular flexibility index (Phi) is 12.3. The van der Waals surface area contributed by atoms with Crippen molar-refractivity contribution in [3.05, 3.63) is 84.7 Å². The van der Waals surface area contributed by atoms with Crippen LogP contribution < -0.4 is 21.3 Å². The number of alkyl halides is 2. The summed E-state index contributed by atoms with van der Waals surface area (Å²) in [6.45, 7) is 8.72. The lowest BCUT2D eigenvalue weighted by atomic mass is 9.99. The molecule has 7 heterocycles. The molecule has 6 N–H and O–H groups in total. The molecular formula is C42H50F2N12O5. The second-order valence-electron chi connectivity index (χ2n) is 16.6. The van der Waals surface area contributed by atoms with Crippen LogP contribution in [0.1, 0.15) is 86.9 Å². The van der Waals surface area contributed by atoms with Crippen molar-refractivity contribution in [2.24, 2.45) is 0 Å². The van der Waals surface area contributed by atoms with Crippen LogP contribution in [0.25, 0.3) is 33.7 Å². The number of carbonyl (C=O) groups is 2. The van der Waals surface area contributed by atoms with Gasteiger partial charge in [0, 0.05) is 72.6 Å². The van der Waals surface area contributed by atoms with Gasteiger partial charge in [0.2, 0.25) is 0 Å². The van der Waals surface area contributed by atoms with E-state index in [1.165, 1.54) is 52.7 Å². The summed E-state index contributed by atoms with van der Waals surface area (Å²) in [6.07, 6.45) is 7.96. The molecular weight excluding hydrogens is 791 g/mol. The zero-order valence-electron chi connectivity index (χ0n) is 34.7. The van der Waals surface area contributed by atoms with Crippen LogP contribution in [0.5, 0.6) is 0 Å². The first kappa shape index (κ1) is 42.9. The second-order valence-corrected chi connectivity index (χ2v) is 16.6. The van der Waals surface area contributed by atoms with E-state index in [1.54, 1.807) is 35.3 Å². The van der Waals surface area contributed by atoms with Crippen LogP contribution in [0.4, 0.5) is 20.2 Å². The number of rotatable bonds is 15. The first-order chi connectivity index (χ1) is 29.0. The lowest BCUT2D eigenvalue weighted by Gasteiger charge is -2.32. The minimum absolute atomic E-state index is 0.0890. The van der Waals surface area contributed by atoms with Crippen molar-refractivity contribution in [3.63, 3.8) is 0 Å². The topological polar surface area (TPSA) is 219 Å². The molecule has 2 unspecified atom stereocenters. The van der Waals surface area contributed by atoms with Crippen LogP contribution in [0.3, 0.4) is 0 Å². The van der Waals surface area contributed by atoms with Crippen LogP contribution in [-0.2, 0) is 4.74 Å². The first-order valence-electron chi connectivity index (χ1n) is 20.0. The smallest absolute Gasteiger partial charge is 0.255 e. The highest BCUT2D eigenvalue weighted by Gasteiger charge is 2.32. The fourth-order valence-corrected chi connectivity index (χ4v) is 6.97. The Bertz CT molecular complexity index is 2530. The van der Waals surface area contributed by atoms with E-state index in [-0.39, 0.29) is 23.2 Å². The summed E-state index contributed by atoms with van der Waals surface area (Å²) in [6, 6.07) is 6.91. The van der Waals surface area contributed by atoms with E-state index in [0.717, 1.165) is 10.8 Å². The summed E-state index contributed by atoms with van der Waals surface area (Å²) in [4.78, 5) is 53.6. The summed E-state index contributed by atoms with van der Waals surface area (Å²) >= 11 is 0. The zero-order valence-corrected chi connectivity index (χ0v) is 34.7. The summed E-state index contributed by atoms with van der Waals surface area (Å²) in [5.74, 6) is -0.234. The Labute approximate surface area is 350 Å². The van der Waals surface area contributed by atoms with Crippen LogP contribution in [-0.4, -0.2) is 116 Å². The number of nitrogens with one attached hydrogen (secondary N) is 4. The largest absolute Gasteiger partial charge is 0.387 e. The summed E-state index contributed by atoms with van der Waals surface area (Å²) in [5.41, 5.74) is -0.172. The maximum absolute atomic E-state index is 14.7. The number of carbonyl (C=O) groups excluding carboxylic acids is 2. The summed E-state index contributed by atoms with van der Waals surface area (Å²) < 4.78 is 39.4. The van der Waals surface area contributed by atoms with Crippen LogP contribution in [0, 0.1) is 0 Å². The molecule has 2 amide bonds. The maximum Gasteiger partial charge on any atom is 0.255 e. The third kappa shape index (κ3) is 9.58. The number of aliphatic hydroxyl groups is 2. The number of pyridine rings is 2. The van der Waals surface area contributed by atoms with Gasteiger partial charge in [-0.3, -0.25) is 18.7 Å². The second kappa shape index (κ2) is 17.4. The van der Waals surface area contributed by atoms with E-state index in [0.29, 0.717) is 59.4 Å². The molecule has 6 aromatic heterocycles. The van der Waals surface area contributed by atoms with E-state index >= 15 is 0 Å². The molecule has 0 aromatic carbocycles. The average Bonchev–Trinajstić information content (AvgIpc) is 3.83. The van der Waals surface area contributed by atoms with E-state index in [9.17, 15) is 28.6 Å². The molecule has 7 rings (SSSR count). The summed E-state index contributed by atoms with van der Waals surface area (Å²) in [5, 5.41) is 33.7. The summed E-state index contributed by atoms with van der Waals surface area (Å²) in [7, 11) is 0. The van der Waals surface area contributed by atoms with Gasteiger partial charge in [0.15, 0.2) is 0 Å². The number of hydrogen-bond donors (Lipinski definition) is 6. The normalized spacial score (nSPS) is 17.0. The number of anilines is 2.